The van der Waals surface area contributed by atoms with Crippen LogP contribution in [0.3, 0.4) is 0 Å². The number of β-amino-alcohol motifs (C(OH)–C–C–N with tert-alkyl or cyclic N) is 2. The highest BCUT2D eigenvalue weighted by Gasteiger charge is 2.33. The Balaban J connectivity index is 2.20. The maximum Gasteiger partial charge on any atom is 0.257 e. The summed E-state index contributed by atoms with van der Waals surface area (Å²) in [4.78, 5) is 13.3. The van der Waals surface area contributed by atoms with Crippen LogP contribution in [0, 0.1) is 0 Å². The maximum atomic E-state index is 12.0. The molecule has 2 rings (SSSR count). The van der Waals surface area contributed by atoms with Crippen molar-refractivity contribution in [3.8, 4) is 5.75 Å². The van der Waals surface area contributed by atoms with Crippen LogP contribution >= 0.6 is 11.6 Å². The van der Waals surface area contributed by atoms with Crippen molar-refractivity contribution in [3.05, 3.63) is 28.8 Å². The van der Waals surface area contributed by atoms with Crippen molar-refractivity contribution in [2.75, 3.05) is 13.1 Å². The monoisotopic (exact) mass is 257 g/mol. The predicted octanol–water partition coefficient (Wildman–Crippen LogP) is 0.223. The summed E-state index contributed by atoms with van der Waals surface area (Å²) in [5.41, 5.74) is 0.107. The Morgan fingerprint density at radius 1 is 1.29 bits per heavy atom. The summed E-state index contributed by atoms with van der Waals surface area (Å²) in [5, 5.41) is 28.6. The standard InChI is InChI=1S/C11H12ClNO4/c12-6-1-2-7(8(14)3-6)11(17)13-4-9(15)10(16)5-13/h1-3,9-10,14-16H,4-5H2/t9-,10+. The van der Waals surface area contributed by atoms with E-state index in [1.165, 1.54) is 23.1 Å². The van der Waals surface area contributed by atoms with Crippen LogP contribution in [0.25, 0.3) is 0 Å². The van der Waals surface area contributed by atoms with Gasteiger partial charge in [-0.05, 0) is 18.2 Å². The second-order valence-corrected chi connectivity index (χ2v) is 4.44. The molecule has 1 saturated heterocycles. The fourth-order valence-electron chi connectivity index (χ4n) is 1.79. The summed E-state index contributed by atoms with van der Waals surface area (Å²) < 4.78 is 0. The lowest BCUT2D eigenvalue weighted by molar-refractivity contribution is 0.0572. The second-order valence-electron chi connectivity index (χ2n) is 4.01. The molecular formula is C11H12ClNO4. The number of phenolic OH excluding ortho intramolecular Hbond substituents is 1. The molecule has 1 heterocycles. The maximum absolute atomic E-state index is 12.0. The number of aliphatic hydroxyl groups excluding tert-OH is 2. The van der Waals surface area contributed by atoms with Crippen LogP contribution in [0.1, 0.15) is 10.4 Å². The molecule has 1 amide bonds. The number of carbonyl (C=O) groups excluding carboxylic acids is 1. The molecule has 0 aromatic heterocycles. The molecule has 17 heavy (non-hydrogen) atoms. The first-order valence-corrected chi connectivity index (χ1v) is 5.51. The number of likely N-dealkylation sites (tertiary alicyclic amines) is 1. The fourth-order valence-corrected chi connectivity index (χ4v) is 1.96. The lowest BCUT2D eigenvalue weighted by Crippen LogP contribution is -2.29. The molecule has 5 nitrogen and oxygen atoms in total. The van der Waals surface area contributed by atoms with E-state index < -0.39 is 18.1 Å². The first kappa shape index (κ1) is 12.2. The number of rotatable bonds is 1. The Kier molecular flexibility index (Phi) is 3.24. The first-order valence-electron chi connectivity index (χ1n) is 5.13. The summed E-state index contributed by atoms with van der Waals surface area (Å²) >= 11 is 5.66. The quantitative estimate of drug-likeness (QED) is 0.672. The zero-order valence-corrected chi connectivity index (χ0v) is 9.63. The van der Waals surface area contributed by atoms with Gasteiger partial charge in [-0.15, -0.1) is 0 Å². The Labute approximate surface area is 103 Å². The summed E-state index contributed by atoms with van der Waals surface area (Å²) in [6.07, 6.45) is -1.87. The second kappa shape index (κ2) is 4.52. The average molecular weight is 258 g/mol. The molecule has 6 heteroatoms. The number of hydrogen-bond acceptors (Lipinski definition) is 4. The zero-order valence-electron chi connectivity index (χ0n) is 8.88. The van der Waals surface area contributed by atoms with Gasteiger partial charge in [0.25, 0.3) is 5.91 Å². The van der Waals surface area contributed by atoms with E-state index >= 15 is 0 Å². The molecule has 0 spiro atoms. The molecular weight excluding hydrogens is 246 g/mol. The number of aromatic hydroxyl groups is 1. The molecule has 92 valence electrons. The number of benzene rings is 1. The minimum atomic E-state index is -0.937. The van der Waals surface area contributed by atoms with Crippen molar-refractivity contribution in [2.45, 2.75) is 12.2 Å². The van der Waals surface area contributed by atoms with Crippen LogP contribution in [0.2, 0.25) is 5.02 Å². The van der Waals surface area contributed by atoms with Crippen molar-refractivity contribution in [1.29, 1.82) is 0 Å². The Hall–Kier alpha value is -1.30. The van der Waals surface area contributed by atoms with Crippen molar-refractivity contribution in [1.82, 2.24) is 4.90 Å². The molecule has 2 atom stereocenters. The van der Waals surface area contributed by atoms with Gasteiger partial charge < -0.3 is 20.2 Å². The number of aliphatic hydroxyl groups is 2. The van der Waals surface area contributed by atoms with Crippen LogP contribution < -0.4 is 0 Å². The molecule has 0 saturated carbocycles. The van der Waals surface area contributed by atoms with E-state index in [-0.39, 0.29) is 24.4 Å². The number of hydrogen-bond donors (Lipinski definition) is 3. The van der Waals surface area contributed by atoms with Crippen molar-refractivity contribution in [2.24, 2.45) is 0 Å². The Morgan fingerprint density at radius 3 is 2.41 bits per heavy atom. The highest BCUT2D eigenvalue weighted by molar-refractivity contribution is 6.30. The minimum Gasteiger partial charge on any atom is -0.507 e. The van der Waals surface area contributed by atoms with E-state index in [0.717, 1.165) is 0 Å². The van der Waals surface area contributed by atoms with E-state index in [2.05, 4.69) is 0 Å². The molecule has 0 radical (unpaired) electrons. The summed E-state index contributed by atoms with van der Waals surface area (Å²) in [6.45, 7) is 0.115. The van der Waals surface area contributed by atoms with Gasteiger partial charge in [-0.2, -0.15) is 0 Å². The fraction of sp³-hybridized carbons (Fsp3) is 0.364. The number of phenols is 1. The predicted molar refractivity (Wildman–Crippen MR) is 61.0 cm³/mol. The van der Waals surface area contributed by atoms with Gasteiger partial charge in [-0.1, -0.05) is 11.6 Å². The third kappa shape index (κ3) is 2.36. The SMILES string of the molecule is O=C(c1ccc(Cl)cc1O)N1C[C@@H](O)[C@@H](O)C1. The van der Waals surface area contributed by atoms with Gasteiger partial charge in [-0.3, -0.25) is 4.79 Å². The van der Waals surface area contributed by atoms with Crippen LogP contribution in [-0.2, 0) is 0 Å². The molecule has 1 aromatic carbocycles. The van der Waals surface area contributed by atoms with Crippen LogP contribution in [0.5, 0.6) is 5.75 Å². The van der Waals surface area contributed by atoms with Gasteiger partial charge in [-0.25, -0.2) is 0 Å². The number of carbonyl (C=O) groups is 1. The number of amides is 1. The molecule has 1 aliphatic heterocycles. The smallest absolute Gasteiger partial charge is 0.257 e. The third-order valence-corrected chi connectivity index (χ3v) is 2.97. The first-order chi connectivity index (χ1) is 7.99. The van der Waals surface area contributed by atoms with Gasteiger partial charge in [0.05, 0.1) is 17.8 Å². The van der Waals surface area contributed by atoms with E-state index in [4.69, 9.17) is 11.6 Å². The Morgan fingerprint density at radius 2 is 1.88 bits per heavy atom. The average Bonchev–Trinajstić information content (AvgIpc) is 2.58. The van der Waals surface area contributed by atoms with Crippen molar-refractivity contribution < 1.29 is 20.1 Å². The third-order valence-electron chi connectivity index (χ3n) is 2.74. The minimum absolute atomic E-state index is 0.0576. The number of nitrogens with zero attached hydrogens (tertiary/aromatic N) is 1. The van der Waals surface area contributed by atoms with Gasteiger partial charge in [0.2, 0.25) is 0 Å². The van der Waals surface area contributed by atoms with Crippen molar-refractivity contribution >= 4 is 17.5 Å². The van der Waals surface area contributed by atoms with Crippen LogP contribution in [-0.4, -0.2) is 51.4 Å². The molecule has 1 aliphatic rings. The van der Waals surface area contributed by atoms with E-state index in [1.54, 1.807) is 0 Å². The lowest BCUT2D eigenvalue weighted by Gasteiger charge is -2.16. The van der Waals surface area contributed by atoms with Gasteiger partial charge in [0.15, 0.2) is 0 Å². The molecule has 0 bridgehead atoms. The van der Waals surface area contributed by atoms with Crippen molar-refractivity contribution in [3.63, 3.8) is 0 Å². The molecule has 0 unspecified atom stereocenters. The summed E-state index contributed by atoms with van der Waals surface area (Å²) in [6, 6.07) is 4.19. The summed E-state index contributed by atoms with van der Waals surface area (Å²) in [5.74, 6) is -0.645. The van der Waals surface area contributed by atoms with E-state index in [0.29, 0.717) is 5.02 Å². The van der Waals surface area contributed by atoms with Gasteiger partial charge >= 0.3 is 0 Å². The number of halogens is 1. The van der Waals surface area contributed by atoms with E-state index in [1.807, 2.05) is 0 Å². The molecule has 3 N–H and O–H groups in total. The van der Waals surface area contributed by atoms with E-state index in [9.17, 15) is 20.1 Å². The topological polar surface area (TPSA) is 81.0 Å². The van der Waals surface area contributed by atoms with Crippen LogP contribution in [0.4, 0.5) is 0 Å². The summed E-state index contributed by atoms with van der Waals surface area (Å²) in [7, 11) is 0. The molecule has 1 aromatic rings. The van der Waals surface area contributed by atoms with Crippen LogP contribution in [0.15, 0.2) is 18.2 Å². The highest BCUT2D eigenvalue weighted by atomic mass is 35.5. The normalized spacial score (nSPS) is 24.1. The Bertz CT molecular complexity index is 441. The molecule has 0 aliphatic carbocycles. The zero-order chi connectivity index (χ0) is 12.6. The highest BCUT2D eigenvalue weighted by Crippen LogP contribution is 2.24. The molecule has 1 fully saturated rings. The largest absolute Gasteiger partial charge is 0.507 e. The van der Waals surface area contributed by atoms with Gasteiger partial charge in [0, 0.05) is 18.1 Å². The van der Waals surface area contributed by atoms with Gasteiger partial charge in [0.1, 0.15) is 5.75 Å². The lowest BCUT2D eigenvalue weighted by atomic mass is 10.2.